The van der Waals surface area contributed by atoms with Gasteiger partial charge in [-0.05, 0) is 48.3 Å². The number of hydrogen-bond donors (Lipinski definition) is 0. The molecule has 2 bridgehead atoms. The van der Waals surface area contributed by atoms with Crippen molar-refractivity contribution in [2.24, 2.45) is 22.7 Å². The third kappa shape index (κ3) is 1.03. The van der Waals surface area contributed by atoms with Crippen molar-refractivity contribution in [3.63, 3.8) is 0 Å². The molecule has 0 amide bonds. The normalized spacial score (nSPS) is 51.0. The number of hydrogen-bond acceptors (Lipinski definition) is 0. The molecule has 0 spiro atoms. The summed E-state index contributed by atoms with van der Waals surface area (Å²) in [6, 6.07) is 0. The maximum atomic E-state index is 2.51. The van der Waals surface area contributed by atoms with Gasteiger partial charge in [-0.25, -0.2) is 0 Å². The maximum Gasteiger partial charge on any atom is -0.0297 e. The van der Waals surface area contributed by atoms with E-state index in [0.29, 0.717) is 10.8 Å². The summed E-state index contributed by atoms with van der Waals surface area (Å²) in [7, 11) is 0. The van der Waals surface area contributed by atoms with Crippen molar-refractivity contribution >= 4 is 0 Å². The quantitative estimate of drug-likeness (QED) is 0.512. The highest BCUT2D eigenvalue weighted by molar-refractivity contribution is 5.00. The van der Waals surface area contributed by atoms with Crippen molar-refractivity contribution in [1.82, 2.24) is 0 Å². The Balaban J connectivity index is 2.25. The van der Waals surface area contributed by atoms with Crippen LogP contribution in [-0.4, -0.2) is 0 Å². The van der Waals surface area contributed by atoms with Crippen molar-refractivity contribution in [1.29, 1.82) is 0 Å². The second-order valence-corrected chi connectivity index (χ2v) is 6.19. The molecule has 2 aliphatic carbocycles. The molecule has 0 nitrogen and oxygen atoms in total. The molecule has 2 aliphatic rings. The van der Waals surface area contributed by atoms with Gasteiger partial charge < -0.3 is 0 Å². The summed E-state index contributed by atoms with van der Waals surface area (Å²) in [4.78, 5) is 0. The van der Waals surface area contributed by atoms with Crippen molar-refractivity contribution in [3.8, 4) is 0 Å². The summed E-state index contributed by atoms with van der Waals surface area (Å²) in [5, 5.41) is 0. The lowest BCUT2D eigenvalue weighted by atomic mass is 9.60. The van der Waals surface area contributed by atoms with E-state index in [4.69, 9.17) is 0 Å². The van der Waals surface area contributed by atoms with Crippen LogP contribution in [-0.2, 0) is 0 Å². The third-order valence-corrected chi connectivity index (χ3v) is 4.90. The zero-order valence-corrected chi connectivity index (χ0v) is 8.98. The molecule has 3 atom stereocenters. The minimum atomic E-state index is 0.634. The zero-order chi connectivity index (χ0) is 8.98. The first-order valence-electron chi connectivity index (χ1n) is 5.44. The molecular weight excluding hydrogens is 144 g/mol. The molecule has 12 heavy (non-hydrogen) atoms. The smallest absolute Gasteiger partial charge is 0.0297 e. The molecule has 70 valence electrons. The molecule has 0 aromatic rings. The van der Waals surface area contributed by atoms with E-state index in [9.17, 15) is 0 Å². The summed E-state index contributed by atoms with van der Waals surface area (Å²) in [6.45, 7) is 9.91. The number of rotatable bonds is 0. The molecule has 2 saturated carbocycles. The largest absolute Gasteiger partial charge is 0.0620 e. The minimum absolute atomic E-state index is 0.634. The Hall–Kier alpha value is 0. The summed E-state index contributed by atoms with van der Waals surface area (Å²) < 4.78 is 0. The molecule has 0 aliphatic heterocycles. The van der Waals surface area contributed by atoms with Crippen LogP contribution in [0.5, 0.6) is 0 Å². The van der Waals surface area contributed by atoms with Gasteiger partial charge in [0.15, 0.2) is 0 Å². The first kappa shape index (κ1) is 8.59. The fraction of sp³-hybridized carbons (Fsp3) is 1.00. The van der Waals surface area contributed by atoms with Gasteiger partial charge in [-0.1, -0.05) is 27.7 Å². The van der Waals surface area contributed by atoms with E-state index in [-0.39, 0.29) is 0 Å². The Morgan fingerprint density at radius 2 is 1.75 bits per heavy atom. The van der Waals surface area contributed by atoms with Crippen LogP contribution in [0.15, 0.2) is 0 Å². The molecule has 0 heteroatoms. The van der Waals surface area contributed by atoms with Crippen molar-refractivity contribution in [2.75, 3.05) is 0 Å². The van der Waals surface area contributed by atoms with Gasteiger partial charge in [-0.2, -0.15) is 0 Å². The van der Waals surface area contributed by atoms with E-state index >= 15 is 0 Å². The van der Waals surface area contributed by atoms with Crippen molar-refractivity contribution in [3.05, 3.63) is 0 Å². The first-order chi connectivity index (χ1) is 5.44. The highest BCUT2D eigenvalue weighted by Crippen LogP contribution is 2.60. The topological polar surface area (TPSA) is 0 Å². The zero-order valence-electron chi connectivity index (χ0n) is 8.98. The van der Waals surface area contributed by atoms with E-state index in [0.717, 1.165) is 11.8 Å². The second kappa shape index (κ2) is 2.27. The lowest BCUT2D eigenvalue weighted by molar-refractivity contribution is 0.0499. The predicted octanol–water partition coefficient (Wildman–Crippen LogP) is 3.86. The Morgan fingerprint density at radius 1 is 1.08 bits per heavy atom. The summed E-state index contributed by atoms with van der Waals surface area (Å²) >= 11 is 0. The maximum absolute atomic E-state index is 2.51. The molecule has 2 rings (SSSR count). The highest BCUT2D eigenvalue weighted by atomic mass is 14.6. The van der Waals surface area contributed by atoms with Crippen molar-refractivity contribution in [2.45, 2.75) is 53.4 Å². The van der Waals surface area contributed by atoms with Gasteiger partial charge in [0, 0.05) is 0 Å². The minimum Gasteiger partial charge on any atom is -0.0620 e. The Kier molecular flexibility index (Phi) is 1.63. The van der Waals surface area contributed by atoms with E-state index in [2.05, 4.69) is 27.7 Å². The van der Waals surface area contributed by atoms with Gasteiger partial charge in [0.1, 0.15) is 0 Å². The molecule has 0 aromatic carbocycles. The Morgan fingerprint density at radius 3 is 2.42 bits per heavy atom. The Labute approximate surface area is 76.7 Å². The van der Waals surface area contributed by atoms with Crippen LogP contribution in [0.1, 0.15) is 53.4 Å². The first-order valence-corrected chi connectivity index (χ1v) is 5.44. The summed E-state index contributed by atoms with van der Waals surface area (Å²) in [5.74, 6) is 1.98. The molecule has 2 fully saturated rings. The second-order valence-electron chi connectivity index (χ2n) is 6.19. The molecule has 0 N–H and O–H groups in total. The monoisotopic (exact) mass is 166 g/mol. The van der Waals surface area contributed by atoms with Gasteiger partial charge in [0.25, 0.3) is 0 Å². The average molecular weight is 166 g/mol. The van der Waals surface area contributed by atoms with Crippen LogP contribution in [0.2, 0.25) is 0 Å². The molecule has 0 aromatic heterocycles. The van der Waals surface area contributed by atoms with Gasteiger partial charge in [-0.3, -0.25) is 0 Å². The Bertz CT molecular complexity index is 192. The fourth-order valence-electron chi connectivity index (χ4n) is 3.59. The van der Waals surface area contributed by atoms with Crippen molar-refractivity contribution < 1.29 is 0 Å². The average Bonchev–Trinajstić information content (AvgIpc) is 2.28. The lowest BCUT2D eigenvalue weighted by Crippen LogP contribution is -2.36. The van der Waals surface area contributed by atoms with Gasteiger partial charge in [-0.15, -0.1) is 0 Å². The predicted molar refractivity (Wildman–Crippen MR) is 53.0 cm³/mol. The molecular formula is C12H22. The molecule has 0 heterocycles. The number of fused-ring (bicyclic) bond motifs is 2. The van der Waals surface area contributed by atoms with Crippen LogP contribution in [0.25, 0.3) is 0 Å². The van der Waals surface area contributed by atoms with E-state index < -0.39 is 0 Å². The fourth-order valence-corrected chi connectivity index (χ4v) is 3.59. The van der Waals surface area contributed by atoms with Crippen LogP contribution >= 0.6 is 0 Å². The summed E-state index contributed by atoms with van der Waals surface area (Å²) in [6.07, 6.45) is 5.94. The lowest BCUT2D eigenvalue weighted by Gasteiger charge is -2.45. The van der Waals surface area contributed by atoms with E-state index in [1.54, 1.807) is 0 Å². The third-order valence-electron chi connectivity index (χ3n) is 4.90. The van der Waals surface area contributed by atoms with Crippen LogP contribution < -0.4 is 0 Å². The molecule has 3 unspecified atom stereocenters. The van der Waals surface area contributed by atoms with E-state index in [1.165, 1.54) is 25.7 Å². The molecule has 0 saturated heterocycles. The van der Waals surface area contributed by atoms with Gasteiger partial charge in [0.05, 0.1) is 0 Å². The SMILES string of the molecule is CC1CC(C)(C)C2CCC1(C)C2. The summed E-state index contributed by atoms with van der Waals surface area (Å²) in [5.41, 5.74) is 1.34. The van der Waals surface area contributed by atoms with Crippen LogP contribution in [0, 0.1) is 22.7 Å². The van der Waals surface area contributed by atoms with E-state index in [1.807, 2.05) is 0 Å². The van der Waals surface area contributed by atoms with Gasteiger partial charge >= 0.3 is 0 Å². The highest BCUT2D eigenvalue weighted by Gasteiger charge is 2.50. The molecule has 0 radical (unpaired) electrons. The van der Waals surface area contributed by atoms with Crippen LogP contribution in [0.4, 0.5) is 0 Å². The standard InChI is InChI=1S/C12H22/c1-9-7-11(2,3)10-5-6-12(9,4)8-10/h9-10H,5-8H2,1-4H3. The van der Waals surface area contributed by atoms with Gasteiger partial charge in [0.2, 0.25) is 0 Å². The van der Waals surface area contributed by atoms with Crippen LogP contribution in [0.3, 0.4) is 0 Å².